The van der Waals surface area contributed by atoms with Crippen LogP contribution in [0.5, 0.6) is 0 Å². The third-order valence-electron chi connectivity index (χ3n) is 5.60. The summed E-state index contributed by atoms with van der Waals surface area (Å²) < 4.78 is 16.7. The molecule has 27 heavy (non-hydrogen) atoms. The maximum absolute atomic E-state index is 14.3. The zero-order valence-electron chi connectivity index (χ0n) is 16.1. The number of halogens is 1. The summed E-state index contributed by atoms with van der Waals surface area (Å²) in [4.78, 5) is 2.42. The van der Waals surface area contributed by atoms with Crippen LogP contribution in [-0.2, 0) is 13.1 Å². The van der Waals surface area contributed by atoms with Crippen molar-refractivity contribution in [2.75, 3.05) is 6.54 Å². The van der Waals surface area contributed by atoms with Crippen LogP contribution in [0.1, 0.15) is 54.6 Å². The zero-order chi connectivity index (χ0) is 18.8. The van der Waals surface area contributed by atoms with Crippen LogP contribution in [-0.4, -0.2) is 16.0 Å². The van der Waals surface area contributed by atoms with Crippen molar-refractivity contribution in [1.29, 1.82) is 0 Å². The maximum Gasteiger partial charge on any atom is 0.127 e. The Morgan fingerprint density at radius 1 is 0.963 bits per heavy atom. The molecule has 0 bridgehead atoms. The fourth-order valence-corrected chi connectivity index (χ4v) is 4.10. The number of hydrogen-bond donors (Lipinski definition) is 0. The SMILES string of the molecule is CC(C)c1ccc([C@@H]2c3cccn3CCCN2Cc2ccccc2F)cc1. The maximum atomic E-state index is 14.3. The third-order valence-corrected chi connectivity index (χ3v) is 5.60. The van der Waals surface area contributed by atoms with Crippen LogP contribution in [0.4, 0.5) is 4.39 Å². The lowest BCUT2D eigenvalue weighted by Crippen LogP contribution is -2.29. The van der Waals surface area contributed by atoms with Crippen molar-refractivity contribution >= 4 is 0 Å². The van der Waals surface area contributed by atoms with Gasteiger partial charge in [0.15, 0.2) is 0 Å². The second-order valence-electron chi connectivity index (χ2n) is 7.77. The van der Waals surface area contributed by atoms with E-state index in [0.29, 0.717) is 12.5 Å². The molecule has 0 radical (unpaired) electrons. The standard InChI is InChI=1S/C24H27FN2/c1-18(2)19-10-12-20(13-11-19)24-23-9-5-14-26(23)15-6-16-27(24)17-21-7-3-4-8-22(21)25/h3-5,7-14,18,24H,6,15-17H2,1-2H3/t24-/m1/s1. The largest absolute Gasteiger partial charge is 0.350 e. The van der Waals surface area contributed by atoms with Gasteiger partial charge in [0.05, 0.1) is 6.04 Å². The van der Waals surface area contributed by atoms with E-state index < -0.39 is 0 Å². The van der Waals surface area contributed by atoms with Crippen LogP contribution in [0.2, 0.25) is 0 Å². The molecule has 0 amide bonds. The molecule has 3 heteroatoms. The minimum absolute atomic E-state index is 0.119. The van der Waals surface area contributed by atoms with Gasteiger partial charge in [-0.3, -0.25) is 4.90 Å². The smallest absolute Gasteiger partial charge is 0.127 e. The summed E-state index contributed by atoms with van der Waals surface area (Å²) in [6.07, 6.45) is 3.23. The van der Waals surface area contributed by atoms with Crippen LogP contribution in [0.3, 0.4) is 0 Å². The van der Waals surface area contributed by atoms with E-state index in [2.05, 4.69) is 65.9 Å². The number of hydrogen-bond acceptors (Lipinski definition) is 1. The van der Waals surface area contributed by atoms with E-state index >= 15 is 0 Å². The Hall–Kier alpha value is -2.39. The molecule has 3 aromatic rings. The van der Waals surface area contributed by atoms with Crippen LogP contribution < -0.4 is 0 Å². The fourth-order valence-electron chi connectivity index (χ4n) is 4.10. The Kier molecular flexibility index (Phi) is 5.13. The quantitative estimate of drug-likeness (QED) is 0.574. The molecule has 0 fully saturated rings. The first-order valence-electron chi connectivity index (χ1n) is 9.86. The number of rotatable bonds is 4. The topological polar surface area (TPSA) is 8.17 Å². The van der Waals surface area contributed by atoms with E-state index in [1.807, 2.05) is 12.1 Å². The molecule has 1 aliphatic heterocycles. The van der Waals surface area contributed by atoms with Crippen molar-refractivity contribution in [2.24, 2.45) is 0 Å². The molecule has 2 aromatic carbocycles. The molecule has 140 valence electrons. The van der Waals surface area contributed by atoms with Crippen molar-refractivity contribution in [3.63, 3.8) is 0 Å². The fraction of sp³-hybridized carbons (Fsp3) is 0.333. The van der Waals surface area contributed by atoms with Crippen LogP contribution in [0.15, 0.2) is 66.9 Å². The van der Waals surface area contributed by atoms with Gasteiger partial charge in [-0.15, -0.1) is 0 Å². The van der Waals surface area contributed by atoms with E-state index in [4.69, 9.17) is 0 Å². The second-order valence-corrected chi connectivity index (χ2v) is 7.77. The predicted molar refractivity (Wildman–Crippen MR) is 108 cm³/mol. The van der Waals surface area contributed by atoms with Crippen LogP contribution in [0, 0.1) is 5.82 Å². The van der Waals surface area contributed by atoms with Crippen molar-refractivity contribution in [2.45, 2.75) is 45.3 Å². The van der Waals surface area contributed by atoms with Crippen LogP contribution in [0.25, 0.3) is 0 Å². The number of benzene rings is 2. The molecule has 1 aliphatic rings. The first kappa shape index (κ1) is 18.0. The van der Waals surface area contributed by atoms with E-state index in [9.17, 15) is 4.39 Å². The molecule has 0 saturated heterocycles. The number of aryl methyl sites for hydroxylation is 1. The summed E-state index contributed by atoms with van der Waals surface area (Å²) in [6, 6.07) is 20.6. The van der Waals surface area contributed by atoms with Gasteiger partial charge >= 0.3 is 0 Å². The summed E-state index contributed by atoms with van der Waals surface area (Å²) in [5.41, 5.74) is 4.68. The second kappa shape index (κ2) is 7.69. The van der Waals surface area contributed by atoms with Gasteiger partial charge in [0.25, 0.3) is 0 Å². The average Bonchev–Trinajstić information content (AvgIpc) is 3.05. The van der Waals surface area contributed by atoms with Crippen LogP contribution >= 0.6 is 0 Å². The lowest BCUT2D eigenvalue weighted by atomic mass is 9.96. The number of fused-ring (bicyclic) bond motifs is 1. The highest BCUT2D eigenvalue weighted by atomic mass is 19.1. The molecule has 0 N–H and O–H groups in total. The molecule has 0 unspecified atom stereocenters. The lowest BCUT2D eigenvalue weighted by molar-refractivity contribution is 0.217. The van der Waals surface area contributed by atoms with Crippen molar-refractivity contribution in [3.05, 3.63) is 95.1 Å². The van der Waals surface area contributed by atoms with Gasteiger partial charge in [-0.25, -0.2) is 4.39 Å². The summed E-state index contributed by atoms with van der Waals surface area (Å²) in [7, 11) is 0. The number of nitrogens with zero attached hydrogens (tertiary/aromatic N) is 2. The highest BCUT2D eigenvalue weighted by molar-refractivity contribution is 5.33. The van der Waals surface area contributed by atoms with E-state index in [-0.39, 0.29) is 11.9 Å². The van der Waals surface area contributed by atoms with Crippen molar-refractivity contribution < 1.29 is 4.39 Å². The van der Waals surface area contributed by atoms with E-state index in [1.54, 1.807) is 12.1 Å². The molecule has 0 aliphatic carbocycles. The van der Waals surface area contributed by atoms with E-state index in [0.717, 1.165) is 25.1 Å². The number of aromatic nitrogens is 1. The molecule has 0 spiro atoms. The van der Waals surface area contributed by atoms with Crippen molar-refractivity contribution in [1.82, 2.24) is 9.47 Å². The normalized spacial score (nSPS) is 17.7. The van der Waals surface area contributed by atoms with Gasteiger partial charge < -0.3 is 4.57 Å². The van der Waals surface area contributed by atoms with Gasteiger partial charge in [0, 0.05) is 37.1 Å². The molecule has 1 atom stereocenters. The van der Waals surface area contributed by atoms with Gasteiger partial charge in [-0.05, 0) is 41.7 Å². The Labute approximate surface area is 161 Å². The monoisotopic (exact) mass is 362 g/mol. The van der Waals surface area contributed by atoms with Gasteiger partial charge in [0.2, 0.25) is 0 Å². The molecule has 1 aromatic heterocycles. The molecule has 4 rings (SSSR count). The summed E-state index contributed by atoms with van der Waals surface area (Å²) in [5.74, 6) is 0.401. The average molecular weight is 362 g/mol. The Bertz CT molecular complexity index is 895. The molecule has 2 heterocycles. The molecule has 2 nitrogen and oxygen atoms in total. The zero-order valence-corrected chi connectivity index (χ0v) is 16.1. The minimum atomic E-state index is -0.119. The summed E-state index contributed by atoms with van der Waals surface area (Å²) >= 11 is 0. The Balaban J connectivity index is 1.73. The van der Waals surface area contributed by atoms with Crippen molar-refractivity contribution in [3.8, 4) is 0 Å². The van der Waals surface area contributed by atoms with E-state index in [1.165, 1.54) is 16.8 Å². The molecular formula is C24H27FN2. The first-order valence-corrected chi connectivity index (χ1v) is 9.86. The lowest BCUT2D eigenvalue weighted by Gasteiger charge is -2.31. The van der Waals surface area contributed by atoms with Gasteiger partial charge in [-0.1, -0.05) is 56.3 Å². The van der Waals surface area contributed by atoms with Gasteiger partial charge in [-0.2, -0.15) is 0 Å². The highest BCUT2D eigenvalue weighted by Crippen LogP contribution is 2.34. The first-order chi connectivity index (χ1) is 13.1. The summed E-state index contributed by atoms with van der Waals surface area (Å²) in [5, 5.41) is 0. The predicted octanol–water partition coefficient (Wildman–Crippen LogP) is 5.75. The Morgan fingerprint density at radius 3 is 2.48 bits per heavy atom. The summed E-state index contributed by atoms with van der Waals surface area (Å²) in [6.45, 7) is 7.02. The molecular weight excluding hydrogens is 335 g/mol. The minimum Gasteiger partial charge on any atom is -0.350 e. The molecule has 0 saturated carbocycles. The highest BCUT2D eigenvalue weighted by Gasteiger charge is 2.27. The Morgan fingerprint density at radius 2 is 1.74 bits per heavy atom. The third kappa shape index (κ3) is 3.70. The van der Waals surface area contributed by atoms with Gasteiger partial charge in [0.1, 0.15) is 5.82 Å².